The lowest BCUT2D eigenvalue weighted by Gasteiger charge is -2.21. The lowest BCUT2D eigenvalue weighted by atomic mass is 9.91. The van der Waals surface area contributed by atoms with E-state index in [2.05, 4.69) is 0 Å². The number of methoxy groups -OCH3 is 4. The Labute approximate surface area is 242 Å². The predicted molar refractivity (Wildman–Crippen MR) is 160 cm³/mol. The number of rotatable bonds is 5. The normalized spacial score (nSPS) is 11.5. The first-order valence-electron chi connectivity index (χ1n) is 13.0. The summed E-state index contributed by atoms with van der Waals surface area (Å²) in [7, 11) is 5.57. The van der Waals surface area contributed by atoms with Crippen molar-refractivity contribution in [3.8, 4) is 51.4 Å². The third-order valence-corrected chi connectivity index (χ3v) is 7.59. The van der Waals surface area contributed by atoms with Gasteiger partial charge in [-0.2, -0.15) is 0 Å². The molecule has 11 heteroatoms. The van der Waals surface area contributed by atoms with E-state index in [1.165, 1.54) is 40.6 Å². The fraction of sp³-hybridized carbons (Fsp3) is 0.188. The molecule has 6 aromatic rings. The van der Waals surface area contributed by atoms with Gasteiger partial charge in [-0.25, -0.2) is 9.59 Å². The molecule has 0 fully saturated rings. The molecule has 0 aliphatic heterocycles. The van der Waals surface area contributed by atoms with E-state index in [1.54, 1.807) is 32.0 Å². The van der Waals surface area contributed by atoms with Crippen LogP contribution in [0.4, 0.5) is 0 Å². The Hall–Kier alpha value is -5.58. The molecule has 0 aliphatic carbocycles. The van der Waals surface area contributed by atoms with E-state index in [0.717, 1.165) is 0 Å². The van der Waals surface area contributed by atoms with E-state index in [4.69, 9.17) is 27.8 Å². The molecule has 0 bridgehead atoms. The minimum absolute atomic E-state index is 0.0152. The molecule has 0 unspecified atom stereocenters. The van der Waals surface area contributed by atoms with Gasteiger partial charge in [0.05, 0.1) is 50.3 Å². The first-order valence-corrected chi connectivity index (χ1v) is 13.0. The van der Waals surface area contributed by atoms with Gasteiger partial charge in [0, 0.05) is 26.9 Å². The first-order chi connectivity index (χ1) is 20.6. The summed E-state index contributed by atoms with van der Waals surface area (Å²) in [6, 6.07) is 7.76. The average molecular weight is 587 g/mol. The van der Waals surface area contributed by atoms with E-state index >= 15 is 0 Å². The average Bonchev–Trinajstić information content (AvgIpc) is 2.96. The molecule has 2 heterocycles. The third-order valence-electron chi connectivity index (χ3n) is 7.59. The highest BCUT2D eigenvalue weighted by atomic mass is 16.5. The van der Waals surface area contributed by atoms with Crippen LogP contribution in [0.5, 0.6) is 40.2 Å². The molecule has 43 heavy (non-hydrogen) atoms. The van der Waals surface area contributed by atoms with Crippen LogP contribution in [0.1, 0.15) is 11.5 Å². The number of fused-ring (bicyclic) bond motifs is 4. The van der Waals surface area contributed by atoms with Crippen LogP contribution in [-0.4, -0.2) is 43.8 Å². The number of phenols is 3. The highest BCUT2D eigenvalue weighted by Crippen LogP contribution is 2.56. The van der Waals surface area contributed by atoms with Crippen LogP contribution in [0.3, 0.4) is 0 Å². The number of ether oxygens (including phenoxy) is 4. The van der Waals surface area contributed by atoms with Crippen molar-refractivity contribution in [1.29, 1.82) is 0 Å². The Morgan fingerprint density at radius 3 is 1.60 bits per heavy atom. The zero-order valence-electron chi connectivity index (χ0n) is 24.0. The molecule has 0 radical (unpaired) electrons. The van der Waals surface area contributed by atoms with Gasteiger partial charge in [0.25, 0.3) is 0 Å². The van der Waals surface area contributed by atoms with Crippen LogP contribution in [0.2, 0.25) is 0 Å². The highest BCUT2D eigenvalue weighted by molar-refractivity contribution is 6.17. The maximum absolute atomic E-state index is 12.8. The number of benzene rings is 4. The molecule has 220 valence electrons. The van der Waals surface area contributed by atoms with Gasteiger partial charge in [-0.3, -0.25) is 0 Å². The summed E-state index contributed by atoms with van der Waals surface area (Å²) in [6.45, 7) is 3.22. The summed E-state index contributed by atoms with van der Waals surface area (Å²) >= 11 is 0. The van der Waals surface area contributed by atoms with Crippen molar-refractivity contribution in [3.63, 3.8) is 0 Å². The van der Waals surface area contributed by atoms with Crippen molar-refractivity contribution in [2.45, 2.75) is 13.8 Å². The van der Waals surface area contributed by atoms with Crippen LogP contribution >= 0.6 is 0 Å². The quantitative estimate of drug-likeness (QED) is 0.215. The highest BCUT2D eigenvalue weighted by Gasteiger charge is 2.30. The molecular formula is C32H26O11. The molecule has 0 amide bonds. The first kappa shape index (κ1) is 27.6. The lowest BCUT2D eigenvalue weighted by Crippen LogP contribution is -2.04. The molecular weight excluding hydrogens is 560 g/mol. The van der Waals surface area contributed by atoms with E-state index in [9.17, 15) is 24.9 Å². The van der Waals surface area contributed by atoms with Gasteiger partial charge in [0.15, 0.2) is 0 Å². The summed E-state index contributed by atoms with van der Waals surface area (Å²) < 4.78 is 33.1. The van der Waals surface area contributed by atoms with Crippen LogP contribution in [0, 0.1) is 13.8 Å². The SMILES string of the molecule is COc1cc2c(OC)c3cc(C)oc(=O)c3cc2c(O)c1-c1c(OC)cc2c(OC)c3cc(C)oc(=O)c3c(O)c2c1O. The molecule has 0 aliphatic rings. The summed E-state index contributed by atoms with van der Waals surface area (Å²) in [5.74, 6) is -0.133. The summed E-state index contributed by atoms with van der Waals surface area (Å²) in [4.78, 5) is 25.6. The Morgan fingerprint density at radius 1 is 0.512 bits per heavy atom. The Morgan fingerprint density at radius 2 is 1.00 bits per heavy atom. The van der Waals surface area contributed by atoms with E-state index in [-0.39, 0.29) is 66.4 Å². The number of aromatic hydroxyl groups is 3. The van der Waals surface area contributed by atoms with Crippen LogP contribution in [0.15, 0.2) is 48.8 Å². The Kier molecular flexibility index (Phi) is 6.26. The molecule has 0 saturated heterocycles. The van der Waals surface area contributed by atoms with Crippen molar-refractivity contribution >= 4 is 43.1 Å². The van der Waals surface area contributed by atoms with Crippen molar-refractivity contribution < 1.29 is 43.1 Å². The Bertz CT molecular complexity index is 2280. The standard InChI is InChI=1S/C32H26O11/c1-12-7-15-17(31(36)42-12)9-14-16(29(15)40-5)10-20(38-3)24(26(14)33)25-21(39-4)11-19-22(28(25)35)27(34)23-18(30(19)41-6)8-13(2)43-32(23)37/h7-11,33-35H,1-6H3. The van der Waals surface area contributed by atoms with Crippen LogP contribution in [-0.2, 0) is 0 Å². The molecule has 0 atom stereocenters. The van der Waals surface area contributed by atoms with Crippen molar-refractivity contribution in [2.24, 2.45) is 0 Å². The smallest absolute Gasteiger partial charge is 0.347 e. The maximum Gasteiger partial charge on any atom is 0.347 e. The van der Waals surface area contributed by atoms with Gasteiger partial charge >= 0.3 is 11.3 Å². The van der Waals surface area contributed by atoms with E-state index < -0.39 is 22.8 Å². The topological polar surface area (TPSA) is 158 Å². The number of hydrogen-bond donors (Lipinski definition) is 3. The third kappa shape index (κ3) is 3.81. The molecule has 6 rings (SSSR count). The molecule has 2 aromatic heterocycles. The second kappa shape index (κ2) is 9.76. The number of hydrogen-bond acceptors (Lipinski definition) is 11. The predicted octanol–water partition coefficient (Wildman–Crippen LogP) is 5.64. The largest absolute Gasteiger partial charge is 0.507 e. The number of phenolic OH excluding ortho intramolecular Hbond substituents is 3. The molecule has 4 aromatic carbocycles. The van der Waals surface area contributed by atoms with E-state index in [0.29, 0.717) is 28.0 Å². The van der Waals surface area contributed by atoms with Crippen molar-refractivity contribution in [2.75, 3.05) is 28.4 Å². The van der Waals surface area contributed by atoms with Crippen molar-refractivity contribution in [1.82, 2.24) is 0 Å². The van der Waals surface area contributed by atoms with Gasteiger partial charge < -0.3 is 43.1 Å². The molecule has 0 spiro atoms. The van der Waals surface area contributed by atoms with Gasteiger partial charge in [-0.15, -0.1) is 0 Å². The molecule has 11 nitrogen and oxygen atoms in total. The monoisotopic (exact) mass is 586 g/mol. The fourth-order valence-electron chi connectivity index (χ4n) is 5.82. The summed E-state index contributed by atoms with van der Waals surface area (Å²) in [6.07, 6.45) is 0. The van der Waals surface area contributed by atoms with E-state index in [1.807, 2.05) is 0 Å². The van der Waals surface area contributed by atoms with Crippen LogP contribution in [0.25, 0.3) is 54.2 Å². The molecule has 3 N–H and O–H groups in total. The zero-order valence-corrected chi connectivity index (χ0v) is 24.0. The number of aryl methyl sites for hydroxylation is 2. The summed E-state index contributed by atoms with van der Waals surface area (Å²) in [5, 5.41) is 36.3. The minimum atomic E-state index is -0.830. The minimum Gasteiger partial charge on any atom is -0.507 e. The maximum atomic E-state index is 12.8. The van der Waals surface area contributed by atoms with Gasteiger partial charge in [-0.1, -0.05) is 0 Å². The van der Waals surface area contributed by atoms with Gasteiger partial charge in [0.2, 0.25) is 0 Å². The fourth-order valence-corrected chi connectivity index (χ4v) is 5.82. The second-order valence-electron chi connectivity index (χ2n) is 9.95. The zero-order chi connectivity index (χ0) is 30.9. The van der Waals surface area contributed by atoms with Gasteiger partial charge in [0.1, 0.15) is 57.2 Å². The summed E-state index contributed by atoms with van der Waals surface area (Å²) in [5.41, 5.74) is -1.53. The molecule has 0 saturated carbocycles. The van der Waals surface area contributed by atoms with Crippen molar-refractivity contribution in [3.05, 3.63) is 62.7 Å². The van der Waals surface area contributed by atoms with Crippen LogP contribution < -0.4 is 30.2 Å². The Balaban J connectivity index is 1.82. The van der Waals surface area contributed by atoms with Gasteiger partial charge in [-0.05, 0) is 44.2 Å². The lowest BCUT2D eigenvalue weighted by molar-refractivity contribution is 0.400. The second-order valence-corrected chi connectivity index (χ2v) is 9.95.